The van der Waals surface area contributed by atoms with Crippen LogP contribution < -0.4 is 14.4 Å². The van der Waals surface area contributed by atoms with Crippen molar-refractivity contribution in [1.29, 1.82) is 0 Å². The first-order valence-electron chi connectivity index (χ1n) is 15.5. The number of rotatable bonds is 10. The van der Waals surface area contributed by atoms with Gasteiger partial charge in [0.15, 0.2) is 5.82 Å². The molecule has 1 saturated carbocycles. The van der Waals surface area contributed by atoms with Crippen LogP contribution in [0.25, 0.3) is 5.82 Å². The van der Waals surface area contributed by atoms with Crippen LogP contribution >= 0.6 is 0 Å². The second kappa shape index (κ2) is 11.6. The van der Waals surface area contributed by atoms with Crippen molar-refractivity contribution < 1.29 is 36.2 Å². The highest BCUT2D eigenvalue weighted by molar-refractivity contribution is 7.90. The number of phenols is 1. The fraction of sp³-hybridized carbons (Fsp3) is 0.464. The Morgan fingerprint density at radius 3 is 2.28 bits per heavy atom. The van der Waals surface area contributed by atoms with E-state index >= 15 is 0 Å². The van der Waals surface area contributed by atoms with E-state index in [0.717, 1.165) is 0 Å². The quantitative estimate of drug-likeness (QED) is 0.285. The number of alkyl halides is 3. The summed E-state index contributed by atoms with van der Waals surface area (Å²) in [7, 11) is 6.52. The molecule has 10 nitrogen and oxygen atoms in total. The zero-order valence-electron chi connectivity index (χ0n) is 27.6. The smallest absolute Gasteiger partial charge is 0.394 e. The predicted molar refractivity (Wildman–Crippen MR) is 185 cm³/mol. The zero-order chi connectivity index (χ0) is 34.8. The number of carbonyl (C=O) groups excluding carboxylic acids is 1. The maximum absolute atomic E-state index is 13.7. The Balaban J connectivity index is 1.49. The number of sulfonamides is 1. The lowest BCUT2D eigenvalue weighted by atomic mass is 9.28. The van der Waals surface area contributed by atoms with Gasteiger partial charge < -0.3 is 14.7 Å². The Morgan fingerprint density at radius 1 is 1.09 bits per heavy atom. The lowest BCUT2D eigenvalue weighted by Gasteiger charge is -2.46. The molecule has 1 aliphatic heterocycles. The summed E-state index contributed by atoms with van der Waals surface area (Å²) >= 11 is 0. The largest absolute Gasteiger partial charge is 0.508 e. The van der Waals surface area contributed by atoms with Crippen molar-refractivity contribution in [3.05, 3.63) is 54.2 Å². The summed E-state index contributed by atoms with van der Waals surface area (Å²) in [4.78, 5) is 20.4. The highest BCUT2D eigenvalue weighted by Gasteiger charge is 2.62. The molecule has 2 aliphatic rings. The standard InChI is InChI=1S/C28H37B5F3N5O5S/c1-24(2)26(29,30)19(27(31,32)33)15-40(24)22-18(23(43)39-47(44,45)17-5-3-16(42)4-6-17)7-8-20(37-22)41-13-9-21(38-41)46-14-12-25(10-11-25)28(34,35)36/h3-9,13,19,42H,10-12,14-15,29-33H2,1-2H3,(H,39,43)/t19-/m1/s1. The van der Waals surface area contributed by atoms with E-state index < -0.39 is 33.1 Å². The zero-order valence-corrected chi connectivity index (χ0v) is 28.5. The number of aromatic hydroxyl groups is 1. The Morgan fingerprint density at radius 2 is 1.72 bits per heavy atom. The van der Waals surface area contributed by atoms with Gasteiger partial charge in [-0.1, -0.05) is 5.21 Å². The highest BCUT2D eigenvalue weighted by atomic mass is 32.2. The summed E-state index contributed by atoms with van der Waals surface area (Å²) in [6, 6.07) is 9.33. The number of phenolic OH excluding ortho intramolecular Hbond substituents is 1. The lowest BCUT2D eigenvalue weighted by molar-refractivity contribution is -0.190. The molecule has 0 spiro atoms. The third kappa shape index (κ3) is 6.51. The number of nitrogens with one attached hydrogen (secondary N) is 1. The maximum atomic E-state index is 13.7. The number of carbonyl (C=O) groups is 1. The minimum atomic E-state index is -4.30. The molecule has 2 N–H and O–H groups in total. The average Bonchev–Trinajstić information content (AvgIpc) is 3.56. The minimum Gasteiger partial charge on any atom is -0.508 e. The highest BCUT2D eigenvalue weighted by Crippen LogP contribution is 2.60. The van der Waals surface area contributed by atoms with Gasteiger partial charge in [0.2, 0.25) is 5.88 Å². The number of halogens is 3. The number of nitrogens with zero attached hydrogens (tertiary/aromatic N) is 4. The summed E-state index contributed by atoms with van der Waals surface area (Å²) in [5.41, 5.74) is -2.20. The van der Waals surface area contributed by atoms with Crippen LogP contribution in [-0.2, 0) is 10.0 Å². The normalized spacial score (nSPS) is 20.1. The van der Waals surface area contributed by atoms with Crippen LogP contribution in [-0.4, -0.2) is 98.3 Å². The van der Waals surface area contributed by atoms with Crippen LogP contribution in [0, 0.1) is 11.3 Å². The van der Waals surface area contributed by atoms with E-state index in [-0.39, 0.29) is 70.0 Å². The average molecular weight is 667 g/mol. The number of anilines is 1. The molecule has 0 unspecified atom stereocenters. The fourth-order valence-corrected chi connectivity index (χ4v) is 7.59. The van der Waals surface area contributed by atoms with Gasteiger partial charge in [-0.25, -0.2) is 22.8 Å². The molecule has 3 aromatic rings. The van der Waals surface area contributed by atoms with Crippen LogP contribution in [0.1, 0.15) is 43.5 Å². The van der Waals surface area contributed by atoms with Gasteiger partial charge in [-0.15, -0.1) is 10.2 Å². The van der Waals surface area contributed by atoms with Crippen molar-refractivity contribution in [2.45, 2.75) is 60.0 Å². The number of hydrogen-bond acceptors (Lipinski definition) is 8. The number of aromatic nitrogens is 3. The molecule has 19 heteroatoms. The van der Waals surface area contributed by atoms with Gasteiger partial charge in [-0.3, -0.25) is 4.79 Å². The van der Waals surface area contributed by atoms with Crippen molar-refractivity contribution in [1.82, 2.24) is 19.5 Å². The molecule has 47 heavy (non-hydrogen) atoms. The minimum absolute atomic E-state index is 0.0278. The van der Waals surface area contributed by atoms with E-state index in [1.807, 2.05) is 4.90 Å². The molecule has 246 valence electrons. The molecular formula is C28H37B5F3N5O5S. The van der Waals surface area contributed by atoms with Gasteiger partial charge in [0.1, 0.15) is 27.3 Å². The molecule has 5 rings (SSSR count). The van der Waals surface area contributed by atoms with Crippen LogP contribution in [0.15, 0.2) is 53.6 Å². The SMILES string of the molecule is BC(B)(B)[C@@H]1CN(c2nc(-n3ccc(OCCC4(C(F)(F)F)CC4)n3)ccc2C(=O)NS(=O)(=O)c2ccc(O)cc2)C(C)(C)C1(B)B. The van der Waals surface area contributed by atoms with E-state index in [1.54, 1.807) is 6.20 Å². The number of hydrogen-bond donors (Lipinski definition) is 2. The maximum Gasteiger partial charge on any atom is 0.394 e. The number of amides is 1. The second-order valence-electron chi connectivity index (χ2n) is 14.8. The molecule has 1 aliphatic carbocycles. The lowest BCUT2D eigenvalue weighted by Crippen LogP contribution is -2.49. The molecule has 1 atom stereocenters. The van der Waals surface area contributed by atoms with E-state index in [9.17, 15) is 31.5 Å². The molecule has 0 radical (unpaired) electrons. The van der Waals surface area contributed by atoms with E-state index in [4.69, 9.17) is 9.72 Å². The van der Waals surface area contributed by atoms with Crippen LogP contribution in [0.3, 0.4) is 0 Å². The number of pyridine rings is 1. The molecule has 3 heterocycles. The summed E-state index contributed by atoms with van der Waals surface area (Å²) in [6.07, 6.45) is -2.67. The topological polar surface area (TPSA) is 127 Å². The Kier molecular flexibility index (Phi) is 8.59. The van der Waals surface area contributed by atoms with E-state index in [1.165, 1.54) is 47.1 Å². The summed E-state index contributed by atoms with van der Waals surface area (Å²) in [6.45, 7) is 4.51. The molecular weight excluding hydrogens is 629 g/mol. The first-order valence-corrected chi connectivity index (χ1v) is 17.0. The van der Waals surface area contributed by atoms with E-state index in [2.05, 4.69) is 62.9 Å². The Bertz CT molecular complexity index is 1780. The van der Waals surface area contributed by atoms with Crippen LogP contribution in [0.2, 0.25) is 10.3 Å². The van der Waals surface area contributed by atoms with Gasteiger partial charge in [0.05, 0.1) is 46.0 Å². The monoisotopic (exact) mass is 667 g/mol. The summed E-state index contributed by atoms with van der Waals surface area (Å²) < 4.78 is 75.4. The van der Waals surface area contributed by atoms with Crippen LogP contribution in [0.4, 0.5) is 19.0 Å². The Hall–Kier alpha value is -3.49. The van der Waals surface area contributed by atoms with Crippen LogP contribution in [0.5, 0.6) is 11.6 Å². The molecule has 1 aromatic carbocycles. The van der Waals surface area contributed by atoms with Crippen molar-refractivity contribution >= 4 is 61.0 Å². The van der Waals surface area contributed by atoms with Gasteiger partial charge >= 0.3 is 6.18 Å². The molecule has 2 aromatic heterocycles. The molecule has 0 bridgehead atoms. The number of benzene rings is 1. The first kappa shape index (κ1) is 34.8. The van der Waals surface area contributed by atoms with Crippen molar-refractivity contribution in [2.75, 3.05) is 18.1 Å². The van der Waals surface area contributed by atoms with Crippen molar-refractivity contribution in [3.63, 3.8) is 0 Å². The Labute approximate surface area is 277 Å². The van der Waals surface area contributed by atoms with Gasteiger partial charge in [0, 0.05) is 24.3 Å². The molecule has 1 saturated heterocycles. The summed E-state index contributed by atoms with van der Waals surface area (Å²) in [5, 5.41) is 13.6. The first-order chi connectivity index (χ1) is 21.6. The second-order valence-corrected chi connectivity index (χ2v) is 16.4. The van der Waals surface area contributed by atoms with E-state index in [0.29, 0.717) is 12.4 Å². The third-order valence-corrected chi connectivity index (χ3v) is 11.7. The third-order valence-electron chi connectivity index (χ3n) is 10.4. The van der Waals surface area contributed by atoms with Gasteiger partial charge in [0.25, 0.3) is 15.9 Å². The van der Waals surface area contributed by atoms with Crippen molar-refractivity contribution in [3.8, 4) is 17.4 Å². The number of ether oxygens (including phenoxy) is 1. The van der Waals surface area contributed by atoms with Gasteiger partial charge in [-0.05, 0) is 75.4 Å². The molecule has 2 fully saturated rings. The fourth-order valence-electron chi connectivity index (χ4n) is 6.62. The van der Waals surface area contributed by atoms with Crippen molar-refractivity contribution in [2.24, 2.45) is 11.3 Å². The molecule has 1 amide bonds. The van der Waals surface area contributed by atoms with Gasteiger partial charge in [-0.2, -0.15) is 13.2 Å². The predicted octanol–water partition coefficient (Wildman–Crippen LogP) is -0.227. The summed E-state index contributed by atoms with van der Waals surface area (Å²) in [5.74, 6) is -0.168.